The molecule has 0 aromatic heterocycles. The average molecular weight is 605 g/mol. The monoisotopic (exact) mass is 604 g/mol. The molecular weight excluding hydrogens is 569 g/mol. The van der Waals surface area contributed by atoms with Crippen LogP contribution in [-0.2, 0) is 11.8 Å². The molecule has 9 rings (SSSR count). The zero-order chi connectivity index (χ0) is 31.7. The lowest BCUT2D eigenvalue weighted by Gasteiger charge is -2.33. The maximum Gasteiger partial charge on any atom is 0.0561 e. The van der Waals surface area contributed by atoms with Crippen molar-refractivity contribution in [1.29, 1.82) is 0 Å². The second-order valence-electron chi connectivity index (χ2n) is 13.9. The predicted molar refractivity (Wildman–Crippen MR) is 201 cm³/mol. The van der Waals surface area contributed by atoms with Gasteiger partial charge >= 0.3 is 0 Å². The minimum atomic E-state index is 0.0543. The number of anilines is 6. The molecule has 0 amide bonds. The van der Waals surface area contributed by atoms with E-state index in [-0.39, 0.29) is 5.41 Å². The minimum absolute atomic E-state index is 0.0543. The zero-order valence-electron chi connectivity index (χ0n) is 27.0. The molecule has 8 aromatic rings. The molecule has 226 valence electrons. The molecule has 8 aromatic carbocycles. The second-order valence-corrected chi connectivity index (χ2v) is 13.9. The van der Waals surface area contributed by atoms with Crippen LogP contribution in [0.15, 0.2) is 152 Å². The van der Waals surface area contributed by atoms with Gasteiger partial charge in [0.1, 0.15) is 0 Å². The zero-order valence-corrected chi connectivity index (χ0v) is 27.0. The molecule has 1 heterocycles. The third-order valence-corrected chi connectivity index (χ3v) is 9.79. The van der Waals surface area contributed by atoms with Crippen molar-refractivity contribution >= 4 is 66.4 Å². The van der Waals surface area contributed by atoms with Gasteiger partial charge in [-0.05, 0) is 99.3 Å². The van der Waals surface area contributed by atoms with Crippen LogP contribution < -0.4 is 9.80 Å². The summed E-state index contributed by atoms with van der Waals surface area (Å²) >= 11 is 0. The average Bonchev–Trinajstić information content (AvgIpc) is 3.08. The van der Waals surface area contributed by atoms with E-state index in [2.05, 4.69) is 182 Å². The predicted octanol–water partition coefficient (Wildman–Crippen LogP) is 12.7. The van der Waals surface area contributed by atoms with E-state index in [1.807, 2.05) is 0 Å². The Morgan fingerprint density at radius 2 is 0.894 bits per heavy atom. The molecule has 0 atom stereocenters. The summed E-state index contributed by atoms with van der Waals surface area (Å²) in [5.74, 6) is 0. The molecule has 2 heteroatoms. The quantitative estimate of drug-likeness (QED) is 0.181. The Kier molecular flexibility index (Phi) is 6.17. The Morgan fingerprint density at radius 3 is 1.36 bits per heavy atom. The highest BCUT2D eigenvalue weighted by atomic mass is 15.2. The second kappa shape index (κ2) is 10.5. The Bertz CT molecular complexity index is 2260. The van der Waals surface area contributed by atoms with Gasteiger partial charge in [0, 0.05) is 38.9 Å². The number of fused-ring (bicyclic) bond motifs is 8. The molecule has 0 saturated heterocycles. The van der Waals surface area contributed by atoms with E-state index >= 15 is 0 Å². The molecule has 6 bridgehead atoms. The first-order valence-electron chi connectivity index (χ1n) is 16.6. The smallest absolute Gasteiger partial charge is 0.0561 e. The molecule has 0 unspecified atom stereocenters. The van der Waals surface area contributed by atoms with Crippen LogP contribution in [0.2, 0.25) is 0 Å². The van der Waals surface area contributed by atoms with Crippen molar-refractivity contribution < 1.29 is 0 Å². The number of hydrogen-bond donors (Lipinski definition) is 0. The molecule has 0 fully saturated rings. The number of rotatable bonds is 2. The minimum Gasteiger partial charge on any atom is -0.310 e. The van der Waals surface area contributed by atoms with Gasteiger partial charge in [-0.1, -0.05) is 118 Å². The van der Waals surface area contributed by atoms with Crippen LogP contribution in [0.3, 0.4) is 0 Å². The third kappa shape index (κ3) is 4.55. The molecule has 0 spiro atoms. The van der Waals surface area contributed by atoms with Crippen molar-refractivity contribution in [3.05, 3.63) is 168 Å². The lowest BCUT2D eigenvalue weighted by Crippen LogP contribution is -2.15. The lowest BCUT2D eigenvalue weighted by molar-refractivity contribution is 0.591. The van der Waals surface area contributed by atoms with Gasteiger partial charge in [-0.3, -0.25) is 0 Å². The molecule has 2 nitrogen and oxygen atoms in total. The van der Waals surface area contributed by atoms with E-state index in [0.717, 1.165) is 29.2 Å². The molecule has 0 radical (unpaired) electrons. The molecular formula is C45H36N2. The van der Waals surface area contributed by atoms with Crippen LogP contribution in [0.5, 0.6) is 0 Å². The van der Waals surface area contributed by atoms with Gasteiger partial charge in [-0.2, -0.15) is 0 Å². The fourth-order valence-electron chi connectivity index (χ4n) is 7.54. The summed E-state index contributed by atoms with van der Waals surface area (Å²) in [4.78, 5) is 4.91. The number of benzene rings is 8. The third-order valence-electron chi connectivity index (χ3n) is 9.79. The van der Waals surface area contributed by atoms with E-state index in [1.54, 1.807) is 0 Å². The van der Waals surface area contributed by atoms with E-state index in [1.165, 1.54) is 60.4 Å². The maximum atomic E-state index is 2.46. The topological polar surface area (TPSA) is 6.48 Å². The van der Waals surface area contributed by atoms with Crippen LogP contribution >= 0.6 is 0 Å². The van der Waals surface area contributed by atoms with Gasteiger partial charge in [-0.15, -0.1) is 0 Å². The summed E-state index contributed by atoms with van der Waals surface area (Å²) in [6, 6.07) is 56.4. The molecule has 0 saturated carbocycles. The van der Waals surface area contributed by atoms with Gasteiger partial charge in [0.25, 0.3) is 0 Å². The van der Waals surface area contributed by atoms with Crippen molar-refractivity contribution in [2.24, 2.45) is 0 Å². The van der Waals surface area contributed by atoms with Gasteiger partial charge in [0.05, 0.1) is 11.4 Å². The summed E-state index contributed by atoms with van der Waals surface area (Å²) < 4.78 is 0. The van der Waals surface area contributed by atoms with Crippen LogP contribution in [0.1, 0.15) is 37.5 Å². The Labute approximate surface area is 276 Å². The van der Waals surface area contributed by atoms with Gasteiger partial charge in [-0.25, -0.2) is 0 Å². The lowest BCUT2D eigenvalue weighted by atomic mass is 9.83. The highest BCUT2D eigenvalue weighted by molar-refractivity contribution is 6.29. The largest absolute Gasteiger partial charge is 0.310 e. The molecule has 0 aliphatic carbocycles. The Hall–Kier alpha value is -5.60. The molecule has 47 heavy (non-hydrogen) atoms. The van der Waals surface area contributed by atoms with Crippen molar-refractivity contribution in [2.75, 3.05) is 9.80 Å². The van der Waals surface area contributed by atoms with E-state index in [0.29, 0.717) is 0 Å². The Morgan fingerprint density at radius 1 is 0.426 bits per heavy atom. The van der Waals surface area contributed by atoms with Gasteiger partial charge < -0.3 is 9.80 Å². The van der Waals surface area contributed by atoms with Crippen LogP contribution in [-0.4, -0.2) is 0 Å². The summed E-state index contributed by atoms with van der Waals surface area (Å²) in [5.41, 5.74) is 10.9. The Balaban J connectivity index is 1.48. The summed E-state index contributed by atoms with van der Waals surface area (Å²) in [5, 5.41) is 7.70. The number of hydrogen-bond acceptors (Lipinski definition) is 2. The van der Waals surface area contributed by atoms with Crippen LogP contribution in [0.25, 0.3) is 32.3 Å². The van der Waals surface area contributed by atoms with Crippen molar-refractivity contribution in [3.8, 4) is 0 Å². The molecule has 0 N–H and O–H groups in total. The SMILES string of the molecule is CC(C)(C)c1cc2ccc3c4cc(c5ccc(c1)c2c35)N(c1ccccc1)c1cccc(c1)Cc1cccc(c1)N4c1ccccc1. The number of para-hydroxylation sites is 2. The van der Waals surface area contributed by atoms with Crippen LogP contribution in [0.4, 0.5) is 34.1 Å². The van der Waals surface area contributed by atoms with E-state index in [4.69, 9.17) is 0 Å². The van der Waals surface area contributed by atoms with Crippen molar-refractivity contribution in [3.63, 3.8) is 0 Å². The molecule has 1 aliphatic heterocycles. The first-order chi connectivity index (χ1) is 22.9. The fourth-order valence-corrected chi connectivity index (χ4v) is 7.54. The highest BCUT2D eigenvalue weighted by Gasteiger charge is 2.26. The summed E-state index contributed by atoms with van der Waals surface area (Å²) in [6.07, 6.45) is 0.860. The number of nitrogens with zero attached hydrogens (tertiary/aromatic N) is 2. The fraction of sp³-hybridized carbons (Fsp3) is 0.111. The van der Waals surface area contributed by atoms with Crippen LogP contribution in [0, 0.1) is 0 Å². The van der Waals surface area contributed by atoms with Gasteiger partial charge in [0.2, 0.25) is 0 Å². The summed E-state index contributed by atoms with van der Waals surface area (Å²) in [6.45, 7) is 6.91. The normalized spacial score (nSPS) is 13.3. The van der Waals surface area contributed by atoms with Crippen molar-refractivity contribution in [2.45, 2.75) is 32.6 Å². The maximum absolute atomic E-state index is 2.46. The van der Waals surface area contributed by atoms with Gasteiger partial charge in [0.15, 0.2) is 0 Å². The first kappa shape index (κ1) is 27.7. The van der Waals surface area contributed by atoms with Crippen molar-refractivity contribution in [1.82, 2.24) is 0 Å². The van der Waals surface area contributed by atoms with E-state index in [9.17, 15) is 0 Å². The summed E-state index contributed by atoms with van der Waals surface area (Å²) in [7, 11) is 0. The standard InChI is InChI=1S/C45H36N2/c1-45(2,3)34-27-32-20-22-39-41-29-42(40-23-21-33(28-34)43(32)44(39)40)47(36-16-8-5-9-17-36)38-19-11-13-31(26-38)24-30-12-10-18-37(25-30)46(41)35-14-6-4-7-15-35/h4-23,25-29H,24H2,1-3H3. The first-order valence-corrected chi connectivity index (χ1v) is 16.6. The highest BCUT2D eigenvalue weighted by Crippen LogP contribution is 2.50. The molecule has 1 aliphatic rings. The van der Waals surface area contributed by atoms with E-state index < -0.39 is 0 Å².